The Morgan fingerprint density at radius 3 is 1.92 bits per heavy atom. The lowest BCUT2D eigenvalue weighted by molar-refractivity contribution is 1.20. The Morgan fingerprint density at radius 2 is 1.24 bits per heavy atom. The minimum Gasteiger partial charge on any atom is -0.143 e. The molecule has 0 spiro atoms. The van der Waals surface area contributed by atoms with E-state index in [1.54, 1.807) is 0 Å². The van der Waals surface area contributed by atoms with Crippen molar-refractivity contribution < 1.29 is 0 Å². The van der Waals surface area contributed by atoms with Crippen LogP contribution in [0.15, 0.2) is 138 Å². The summed E-state index contributed by atoms with van der Waals surface area (Å²) in [4.78, 5) is 1.02. The van der Waals surface area contributed by atoms with Crippen molar-refractivity contribution in [3.05, 3.63) is 145 Å². The summed E-state index contributed by atoms with van der Waals surface area (Å²) < 4.78 is 0. The van der Waals surface area contributed by atoms with Gasteiger partial charge in [0.2, 0.25) is 0 Å². The van der Waals surface area contributed by atoms with Gasteiger partial charge in [-0.1, -0.05) is 121 Å². The highest BCUT2D eigenvalue weighted by Gasteiger charge is 2.18. The van der Waals surface area contributed by atoms with Gasteiger partial charge in [-0.2, -0.15) is 0 Å². The summed E-state index contributed by atoms with van der Waals surface area (Å²) in [5.41, 5.74) is 6.36. The zero-order valence-electron chi connectivity index (χ0n) is 20.9. The van der Waals surface area contributed by atoms with Crippen LogP contribution in [0, 0.1) is 0 Å². The summed E-state index contributed by atoms with van der Waals surface area (Å²) in [7, 11) is 0. The minimum absolute atomic E-state index is 0.813. The third kappa shape index (κ3) is 4.37. The number of thiol groups is 1. The van der Waals surface area contributed by atoms with Gasteiger partial charge in [0.15, 0.2) is 0 Å². The van der Waals surface area contributed by atoms with E-state index in [9.17, 15) is 0 Å². The molecule has 1 heteroatoms. The number of fused-ring (bicyclic) bond motifs is 3. The summed E-state index contributed by atoms with van der Waals surface area (Å²) in [6.07, 6.45) is 7.33. The third-order valence-corrected chi connectivity index (χ3v) is 7.59. The Labute approximate surface area is 224 Å². The van der Waals surface area contributed by atoms with E-state index in [0.717, 1.165) is 11.3 Å². The van der Waals surface area contributed by atoms with E-state index in [2.05, 4.69) is 134 Å². The molecule has 0 fully saturated rings. The van der Waals surface area contributed by atoms with Crippen molar-refractivity contribution in [3.63, 3.8) is 0 Å². The van der Waals surface area contributed by atoms with Crippen molar-refractivity contribution in [2.24, 2.45) is 0 Å². The summed E-state index contributed by atoms with van der Waals surface area (Å²) in [6.45, 7) is 2.07. The molecule has 0 saturated carbocycles. The summed E-state index contributed by atoms with van der Waals surface area (Å²) in [5, 5.41) is 7.62. The standard InChI is InChI=1S/C36H28S/c1-2-3-12-28(24-27-15-6-11-20-34(27)37)35-30-16-7-9-18-32(30)36(33-19-10-8-17-31(33)35)29-22-21-25-13-4-5-14-26(25)23-29/h2-23,37H,24H2,1H3/b3-2-,28-12+. The third-order valence-electron chi connectivity index (χ3n) is 7.15. The maximum atomic E-state index is 4.77. The van der Waals surface area contributed by atoms with Gasteiger partial charge >= 0.3 is 0 Å². The highest BCUT2D eigenvalue weighted by molar-refractivity contribution is 7.80. The van der Waals surface area contributed by atoms with Crippen molar-refractivity contribution >= 4 is 50.5 Å². The first-order chi connectivity index (χ1) is 18.2. The largest absolute Gasteiger partial charge is 0.143 e. The van der Waals surface area contributed by atoms with Crippen LogP contribution in [0.25, 0.3) is 49.0 Å². The van der Waals surface area contributed by atoms with E-state index in [-0.39, 0.29) is 0 Å². The van der Waals surface area contributed by atoms with Crippen LogP contribution >= 0.6 is 12.6 Å². The Morgan fingerprint density at radius 1 is 0.649 bits per heavy atom. The second kappa shape index (κ2) is 10.1. The molecule has 6 aromatic carbocycles. The Hall–Kier alpha value is -4.07. The fourth-order valence-corrected chi connectivity index (χ4v) is 5.68. The normalized spacial score (nSPS) is 12.2. The molecule has 37 heavy (non-hydrogen) atoms. The quantitative estimate of drug-likeness (QED) is 0.138. The number of hydrogen-bond acceptors (Lipinski definition) is 1. The molecule has 0 aliphatic carbocycles. The summed E-state index contributed by atoms with van der Waals surface area (Å²) in [6, 6.07) is 41.6. The van der Waals surface area contributed by atoms with E-state index in [0.29, 0.717) is 0 Å². The molecule has 0 aromatic heterocycles. The molecule has 178 valence electrons. The van der Waals surface area contributed by atoms with Crippen LogP contribution < -0.4 is 0 Å². The molecule has 0 atom stereocenters. The van der Waals surface area contributed by atoms with Crippen molar-refractivity contribution in [1.29, 1.82) is 0 Å². The molecule has 0 aliphatic rings. The Bertz CT molecular complexity index is 1760. The zero-order valence-corrected chi connectivity index (χ0v) is 21.8. The molecule has 6 aromatic rings. The molecule has 0 bridgehead atoms. The predicted octanol–water partition coefficient (Wildman–Crippen LogP) is 10.3. The molecule has 0 amide bonds. The van der Waals surface area contributed by atoms with E-state index < -0.39 is 0 Å². The number of benzene rings is 6. The van der Waals surface area contributed by atoms with Gasteiger partial charge in [-0.15, -0.1) is 12.6 Å². The highest BCUT2D eigenvalue weighted by atomic mass is 32.1. The first kappa shape index (κ1) is 23.3. The topological polar surface area (TPSA) is 0 Å². The van der Waals surface area contributed by atoms with Gasteiger partial charge in [0, 0.05) is 4.90 Å². The van der Waals surface area contributed by atoms with Gasteiger partial charge in [0.05, 0.1) is 0 Å². The van der Waals surface area contributed by atoms with Crippen molar-refractivity contribution in [3.8, 4) is 11.1 Å². The van der Waals surface area contributed by atoms with Gasteiger partial charge in [-0.05, 0) is 85.6 Å². The van der Waals surface area contributed by atoms with Crippen LogP contribution in [-0.2, 0) is 6.42 Å². The summed E-state index contributed by atoms with van der Waals surface area (Å²) >= 11 is 4.77. The lowest BCUT2D eigenvalue weighted by Crippen LogP contribution is -1.97. The molecular formula is C36H28S. The fraction of sp³-hybridized carbons (Fsp3) is 0.0556. The van der Waals surface area contributed by atoms with Gasteiger partial charge < -0.3 is 0 Å². The van der Waals surface area contributed by atoms with E-state index in [4.69, 9.17) is 12.6 Å². The molecule has 0 unspecified atom stereocenters. The molecule has 0 N–H and O–H groups in total. The van der Waals surface area contributed by atoms with Gasteiger partial charge in [0.25, 0.3) is 0 Å². The minimum atomic E-state index is 0.813. The fourth-order valence-electron chi connectivity index (χ4n) is 5.44. The van der Waals surface area contributed by atoms with Crippen LogP contribution in [0.2, 0.25) is 0 Å². The molecule has 0 aliphatic heterocycles. The average molecular weight is 493 g/mol. The lowest BCUT2D eigenvalue weighted by atomic mass is 9.84. The smallest absolute Gasteiger partial charge is 0.00754 e. The SMILES string of the molecule is C/C=C\C=C(/Cc1ccccc1S)c1c2ccccc2c(-c2ccc3ccccc3c2)c2ccccc12. The zero-order chi connectivity index (χ0) is 25.2. The maximum absolute atomic E-state index is 4.77. The maximum Gasteiger partial charge on any atom is 0.00754 e. The molecular weight excluding hydrogens is 464 g/mol. The second-order valence-corrected chi connectivity index (χ2v) is 9.91. The molecule has 6 rings (SSSR count). The van der Waals surface area contributed by atoms with Gasteiger partial charge in [-0.3, -0.25) is 0 Å². The molecule has 0 saturated heterocycles. The first-order valence-electron chi connectivity index (χ1n) is 12.8. The number of rotatable bonds is 5. The van der Waals surface area contributed by atoms with Gasteiger partial charge in [-0.25, -0.2) is 0 Å². The predicted molar refractivity (Wildman–Crippen MR) is 165 cm³/mol. The van der Waals surface area contributed by atoms with E-state index in [1.807, 2.05) is 6.07 Å². The van der Waals surface area contributed by atoms with Crippen molar-refractivity contribution in [1.82, 2.24) is 0 Å². The Balaban J connectivity index is 1.68. The number of hydrogen-bond donors (Lipinski definition) is 1. The van der Waals surface area contributed by atoms with Crippen LogP contribution in [0.3, 0.4) is 0 Å². The average Bonchev–Trinajstić information content (AvgIpc) is 2.95. The van der Waals surface area contributed by atoms with Crippen molar-refractivity contribution in [2.75, 3.05) is 0 Å². The van der Waals surface area contributed by atoms with E-state index in [1.165, 1.54) is 60.1 Å². The highest BCUT2D eigenvalue weighted by Crippen LogP contribution is 2.43. The molecule has 0 radical (unpaired) electrons. The summed E-state index contributed by atoms with van der Waals surface area (Å²) in [5.74, 6) is 0. The van der Waals surface area contributed by atoms with Crippen molar-refractivity contribution in [2.45, 2.75) is 18.2 Å². The lowest BCUT2D eigenvalue weighted by Gasteiger charge is -2.20. The second-order valence-electron chi connectivity index (χ2n) is 9.43. The Kier molecular flexibility index (Phi) is 6.39. The van der Waals surface area contributed by atoms with Crippen LogP contribution in [0.1, 0.15) is 18.1 Å². The number of allylic oxidation sites excluding steroid dienone is 4. The van der Waals surface area contributed by atoms with E-state index >= 15 is 0 Å². The molecule has 0 heterocycles. The molecule has 0 nitrogen and oxygen atoms in total. The first-order valence-corrected chi connectivity index (χ1v) is 13.2. The monoisotopic (exact) mass is 492 g/mol. The van der Waals surface area contributed by atoms with Crippen LogP contribution in [0.5, 0.6) is 0 Å². The van der Waals surface area contributed by atoms with Crippen LogP contribution in [0.4, 0.5) is 0 Å². The van der Waals surface area contributed by atoms with Crippen LogP contribution in [-0.4, -0.2) is 0 Å². The van der Waals surface area contributed by atoms with Gasteiger partial charge in [0.1, 0.15) is 0 Å².